The zero-order valence-electron chi connectivity index (χ0n) is 11.8. The molecule has 2 N–H and O–H groups in total. The highest BCUT2D eigenvalue weighted by Gasteiger charge is 2.16. The highest BCUT2D eigenvalue weighted by Crippen LogP contribution is 2.28. The minimum Gasteiger partial charge on any atom is -0.505 e. The average molecular weight is 364 g/mol. The first-order valence-electron chi connectivity index (χ1n) is 6.46. The van der Waals surface area contributed by atoms with E-state index in [1.807, 2.05) is 24.3 Å². The number of nitrogens with one attached hydrogen (secondary N) is 1. The van der Waals surface area contributed by atoms with Crippen LogP contribution in [0.4, 0.5) is 5.69 Å². The Kier molecular flexibility index (Phi) is 5.16. The molecule has 0 aliphatic carbocycles. The molecule has 0 atom stereocenters. The largest absolute Gasteiger partial charge is 0.505 e. The number of amides is 1. The minimum absolute atomic E-state index is 0.00365. The van der Waals surface area contributed by atoms with Crippen LogP contribution in [0.2, 0.25) is 0 Å². The molecule has 2 aromatic carbocycles. The van der Waals surface area contributed by atoms with Gasteiger partial charge in [-0.2, -0.15) is 0 Å². The zero-order valence-corrected chi connectivity index (χ0v) is 13.4. The fourth-order valence-corrected chi connectivity index (χ4v) is 2.17. The van der Waals surface area contributed by atoms with E-state index in [0.717, 1.165) is 10.0 Å². The number of hydrogen-bond acceptors (Lipinski definition) is 4. The van der Waals surface area contributed by atoms with Gasteiger partial charge in [0.25, 0.3) is 0 Å². The van der Waals surface area contributed by atoms with E-state index < -0.39 is 5.97 Å². The maximum atomic E-state index is 12.0. The van der Waals surface area contributed by atoms with Gasteiger partial charge in [0.05, 0.1) is 19.2 Å². The molecule has 0 saturated heterocycles. The van der Waals surface area contributed by atoms with E-state index in [-0.39, 0.29) is 29.3 Å². The number of aromatic hydroxyl groups is 1. The maximum Gasteiger partial charge on any atom is 0.341 e. The van der Waals surface area contributed by atoms with Crippen LogP contribution < -0.4 is 5.32 Å². The van der Waals surface area contributed by atoms with Crippen LogP contribution in [-0.2, 0) is 16.0 Å². The number of rotatable bonds is 4. The molecule has 1 amide bonds. The number of carbonyl (C=O) groups is 2. The highest BCUT2D eigenvalue weighted by molar-refractivity contribution is 9.10. The number of para-hydroxylation sites is 1. The second kappa shape index (κ2) is 7.09. The summed E-state index contributed by atoms with van der Waals surface area (Å²) in [6.07, 6.45) is 0.162. The molecule has 0 heterocycles. The van der Waals surface area contributed by atoms with Crippen molar-refractivity contribution in [1.29, 1.82) is 0 Å². The third-order valence-electron chi connectivity index (χ3n) is 2.99. The standard InChI is InChI=1S/C16H14BrNO4/c1-22-16(21)12-3-2-4-13(15(12)20)18-14(19)9-10-5-7-11(17)8-6-10/h2-8,20H,9H2,1H3,(H,18,19). The van der Waals surface area contributed by atoms with Crippen LogP contribution in [0.1, 0.15) is 15.9 Å². The highest BCUT2D eigenvalue weighted by atomic mass is 79.9. The number of anilines is 1. The van der Waals surface area contributed by atoms with E-state index in [2.05, 4.69) is 26.0 Å². The lowest BCUT2D eigenvalue weighted by Gasteiger charge is -2.10. The Hall–Kier alpha value is -2.34. The third kappa shape index (κ3) is 3.85. The van der Waals surface area contributed by atoms with E-state index in [9.17, 15) is 14.7 Å². The number of ether oxygens (including phenoxy) is 1. The molecule has 0 aliphatic rings. The van der Waals surface area contributed by atoms with Crippen molar-refractivity contribution in [2.24, 2.45) is 0 Å². The first-order valence-corrected chi connectivity index (χ1v) is 7.25. The molecular weight excluding hydrogens is 350 g/mol. The maximum absolute atomic E-state index is 12.0. The number of esters is 1. The van der Waals surface area contributed by atoms with Crippen LogP contribution >= 0.6 is 15.9 Å². The van der Waals surface area contributed by atoms with Gasteiger partial charge in [0.1, 0.15) is 5.56 Å². The summed E-state index contributed by atoms with van der Waals surface area (Å²) in [5.74, 6) is -1.26. The average Bonchev–Trinajstić information content (AvgIpc) is 2.51. The number of benzene rings is 2. The van der Waals surface area contributed by atoms with Gasteiger partial charge >= 0.3 is 5.97 Å². The van der Waals surface area contributed by atoms with Crippen LogP contribution in [0.15, 0.2) is 46.9 Å². The van der Waals surface area contributed by atoms with Crippen molar-refractivity contribution in [3.8, 4) is 5.75 Å². The summed E-state index contributed by atoms with van der Waals surface area (Å²) in [5, 5.41) is 12.6. The predicted octanol–water partition coefficient (Wildman–Crippen LogP) is 3.12. The lowest BCUT2D eigenvalue weighted by atomic mass is 10.1. The van der Waals surface area contributed by atoms with Crippen LogP contribution in [0.25, 0.3) is 0 Å². The molecule has 0 aromatic heterocycles. The van der Waals surface area contributed by atoms with Crippen molar-refractivity contribution in [3.05, 3.63) is 58.1 Å². The van der Waals surface area contributed by atoms with Crippen molar-refractivity contribution >= 4 is 33.5 Å². The molecule has 0 aliphatic heterocycles. The van der Waals surface area contributed by atoms with Gasteiger partial charge in [-0.25, -0.2) is 4.79 Å². The van der Waals surface area contributed by atoms with Crippen LogP contribution in [0.3, 0.4) is 0 Å². The van der Waals surface area contributed by atoms with Crippen LogP contribution in [0, 0.1) is 0 Å². The Morgan fingerprint density at radius 3 is 2.50 bits per heavy atom. The number of phenolic OH excluding ortho intramolecular Hbond substituents is 1. The second-order valence-electron chi connectivity index (χ2n) is 4.54. The van der Waals surface area contributed by atoms with E-state index in [1.165, 1.54) is 19.2 Å². The SMILES string of the molecule is COC(=O)c1cccc(NC(=O)Cc2ccc(Br)cc2)c1O. The van der Waals surface area contributed by atoms with Gasteiger partial charge in [0, 0.05) is 4.47 Å². The van der Waals surface area contributed by atoms with Crippen LogP contribution in [0.5, 0.6) is 5.75 Å². The molecule has 0 radical (unpaired) electrons. The van der Waals surface area contributed by atoms with Crippen molar-refractivity contribution in [3.63, 3.8) is 0 Å². The molecule has 0 unspecified atom stereocenters. The number of hydrogen-bond donors (Lipinski definition) is 2. The number of halogens is 1. The van der Waals surface area contributed by atoms with E-state index >= 15 is 0 Å². The molecule has 114 valence electrons. The number of phenols is 1. The van der Waals surface area contributed by atoms with Crippen LogP contribution in [-0.4, -0.2) is 24.1 Å². The molecule has 2 aromatic rings. The molecular formula is C16H14BrNO4. The Balaban J connectivity index is 2.11. The van der Waals surface area contributed by atoms with Gasteiger partial charge in [0.15, 0.2) is 5.75 Å². The minimum atomic E-state index is -0.665. The van der Waals surface area contributed by atoms with Gasteiger partial charge in [0.2, 0.25) is 5.91 Å². The summed E-state index contributed by atoms with van der Waals surface area (Å²) in [4.78, 5) is 23.5. The van der Waals surface area contributed by atoms with E-state index in [0.29, 0.717) is 0 Å². The topological polar surface area (TPSA) is 75.6 Å². The summed E-state index contributed by atoms with van der Waals surface area (Å²) in [7, 11) is 1.22. The Morgan fingerprint density at radius 2 is 1.86 bits per heavy atom. The normalized spacial score (nSPS) is 10.1. The second-order valence-corrected chi connectivity index (χ2v) is 5.46. The fourth-order valence-electron chi connectivity index (χ4n) is 1.90. The molecule has 2 rings (SSSR count). The zero-order chi connectivity index (χ0) is 16.1. The van der Waals surface area contributed by atoms with Gasteiger partial charge in [-0.1, -0.05) is 34.1 Å². The molecule has 0 fully saturated rings. The molecule has 0 saturated carbocycles. The number of carbonyl (C=O) groups excluding carboxylic acids is 2. The van der Waals surface area contributed by atoms with E-state index in [4.69, 9.17) is 0 Å². The number of methoxy groups -OCH3 is 1. The Bertz CT molecular complexity index is 698. The van der Waals surface area contributed by atoms with Crippen molar-refractivity contribution in [1.82, 2.24) is 0 Å². The summed E-state index contributed by atoms with van der Waals surface area (Å²) in [5.41, 5.74) is 1.01. The van der Waals surface area contributed by atoms with Gasteiger partial charge in [-0.3, -0.25) is 4.79 Å². The van der Waals surface area contributed by atoms with Crippen molar-refractivity contribution in [2.45, 2.75) is 6.42 Å². The summed E-state index contributed by atoms with van der Waals surface area (Å²) < 4.78 is 5.50. The quantitative estimate of drug-likeness (QED) is 0.646. The smallest absolute Gasteiger partial charge is 0.341 e. The Morgan fingerprint density at radius 1 is 1.18 bits per heavy atom. The molecule has 22 heavy (non-hydrogen) atoms. The third-order valence-corrected chi connectivity index (χ3v) is 3.52. The van der Waals surface area contributed by atoms with E-state index in [1.54, 1.807) is 6.07 Å². The lowest BCUT2D eigenvalue weighted by molar-refractivity contribution is -0.115. The summed E-state index contributed by atoms with van der Waals surface area (Å²) in [6.45, 7) is 0. The van der Waals surface area contributed by atoms with Crippen molar-refractivity contribution in [2.75, 3.05) is 12.4 Å². The summed E-state index contributed by atoms with van der Waals surface area (Å²) >= 11 is 3.33. The van der Waals surface area contributed by atoms with Gasteiger partial charge < -0.3 is 15.2 Å². The molecule has 0 bridgehead atoms. The van der Waals surface area contributed by atoms with Gasteiger partial charge in [-0.15, -0.1) is 0 Å². The first kappa shape index (κ1) is 16.0. The molecule has 0 spiro atoms. The summed E-state index contributed by atoms with van der Waals surface area (Å²) in [6, 6.07) is 11.8. The predicted molar refractivity (Wildman–Crippen MR) is 85.9 cm³/mol. The Labute approximate surface area is 136 Å². The molecule has 5 nitrogen and oxygen atoms in total. The first-order chi connectivity index (χ1) is 10.5. The fraction of sp³-hybridized carbons (Fsp3) is 0.125. The lowest BCUT2D eigenvalue weighted by Crippen LogP contribution is -2.15. The van der Waals surface area contributed by atoms with Gasteiger partial charge in [-0.05, 0) is 29.8 Å². The monoisotopic (exact) mass is 363 g/mol. The van der Waals surface area contributed by atoms with Crippen molar-refractivity contribution < 1.29 is 19.4 Å². The molecule has 6 heteroatoms.